The Bertz CT molecular complexity index is 658. The van der Waals surface area contributed by atoms with Crippen LogP contribution in [0.15, 0.2) is 36.4 Å². The summed E-state index contributed by atoms with van der Waals surface area (Å²) in [6, 6.07) is 9.89. The number of benzene rings is 1. The number of piperazine rings is 1. The van der Waals surface area contributed by atoms with Crippen LogP contribution in [0.3, 0.4) is 0 Å². The number of nitrogens with zero attached hydrogens (tertiary/aromatic N) is 2. The Morgan fingerprint density at radius 1 is 1.04 bits per heavy atom. The molecule has 1 aliphatic heterocycles. The Morgan fingerprint density at radius 2 is 1.78 bits per heavy atom. The number of halogens is 3. The predicted octanol–water partition coefficient (Wildman–Crippen LogP) is 4.40. The Kier molecular flexibility index (Phi) is 4.64. The van der Waals surface area contributed by atoms with Crippen LogP contribution in [0.25, 0.3) is 0 Å². The molecule has 0 aliphatic carbocycles. The third-order valence-corrected chi connectivity index (χ3v) is 5.07. The lowest BCUT2D eigenvalue weighted by Crippen LogP contribution is -2.45. The minimum atomic E-state index is -4.28. The van der Waals surface area contributed by atoms with E-state index in [0.29, 0.717) is 5.69 Å². The van der Waals surface area contributed by atoms with E-state index < -0.39 is 11.7 Å². The zero-order chi connectivity index (χ0) is 16.4. The van der Waals surface area contributed by atoms with Gasteiger partial charge in [0.1, 0.15) is 0 Å². The third-order valence-electron chi connectivity index (χ3n) is 4.09. The van der Waals surface area contributed by atoms with Gasteiger partial charge in [-0.25, -0.2) is 0 Å². The van der Waals surface area contributed by atoms with E-state index in [-0.39, 0.29) is 0 Å². The fraction of sp³-hybridized carbons (Fsp3) is 0.412. The maximum Gasteiger partial charge on any atom is 0.416 e. The van der Waals surface area contributed by atoms with Crippen LogP contribution >= 0.6 is 11.3 Å². The SMILES string of the molecule is Cc1ccc(CN2CCN(c3cccc(C(F)(F)F)c3)CC2)s1. The van der Waals surface area contributed by atoms with Gasteiger partial charge in [-0.3, -0.25) is 4.90 Å². The third kappa shape index (κ3) is 4.06. The van der Waals surface area contributed by atoms with Crippen molar-refractivity contribution < 1.29 is 13.2 Å². The molecule has 1 aliphatic rings. The van der Waals surface area contributed by atoms with Gasteiger partial charge in [0.25, 0.3) is 0 Å². The zero-order valence-electron chi connectivity index (χ0n) is 12.9. The minimum absolute atomic E-state index is 0.577. The van der Waals surface area contributed by atoms with Gasteiger partial charge < -0.3 is 4.90 Å². The molecule has 1 saturated heterocycles. The Hall–Kier alpha value is -1.53. The molecular formula is C17H19F3N2S. The maximum atomic E-state index is 12.8. The summed E-state index contributed by atoms with van der Waals surface area (Å²) in [5.41, 5.74) is 0.0814. The van der Waals surface area contributed by atoms with Crippen LogP contribution < -0.4 is 4.90 Å². The molecule has 2 heterocycles. The Morgan fingerprint density at radius 3 is 2.39 bits per heavy atom. The molecule has 0 saturated carbocycles. The smallest absolute Gasteiger partial charge is 0.369 e. The number of thiophene rings is 1. The fourth-order valence-corrected chi connectivity index (χ4v) is 3.77. The van der Waals surface area contributed by atoms with Crippen LogP contribution in [0.1, 0.15) is 15.3 Å². The molecule has 124 valence electrons. The molecule has 2 nitrogen and oxygen atoms in total. The summed E-state index contributed by atoms with van der Waals surface area (Å²) >= 11 is 1.80. The van der Waals surface area contributed by atoms with Crippen molar-refractivity contribution in [2.45, 2.75) is 19.6 Å². The largest absolute Gasteiger partial charge is 0.416 e. The van der Waals surface area contributed by atoms with Gasteiger partial charge in [-0.05, 0) is 37.3 Å². The zero-order valence-corrected chi connectivity index (χ0v) is 13.8. The van der Waals surface area contributed by atoms with Crippen molar-refractivity contribution in [1.29, 1.82) is 0 Å². The van der Waals surface area contributed by atoms with E-state index in [2.05, 4.69) is 24.0 Å². The first-order chi connectivity index (χ1) is 10.9. The summed E-state index contributed by atoms with van der Waals surface area (Å²) in [4.78, 5) is 7.04. The van der Waals surface area contributed by atoms with Crippen molar-refractivity contribution in [2.75, 3.05) is 31.1 Å². The standard InChI is InChI=1S/C17H19F3N2S/c1-13-5-6-16(23-13)12-21-7-9-22(10-8-21)15-4-2-3-14(11-15)17(18,19)20/h2-6,11H,7-10,12H2,1H3. The van der Waals surface area contributed by atoms with E-state index in [0.717, 1.165) is 38.8 Å². The molecule has 0 unspecified atom stereocenters. The number of alkyl halides is 3. The van der Waals surface area contributed by atoms with Crippen LogP contribution in [0.4, 0.5) is 18.9 Å². The molecule has 1 fully saturated rings. The van der Waals surface area contributed by atoms with Gasteiger partial charge in [-0.1, -0.05) is 6.07 Å². The summed E-state index contributed by atoms with van der Waals surface area (Å²) < 4.78 is 38.4. The first-order valence-corrected chi connectivity index (χ1v) is 8.43. The lowest BCUT2D eigenvalue weighted by Gasteiger charge is -2.36. The Balaban J connectivity index is 1.60. The summed E-state index contributed by atoms with van der Waals surface area (Å²) in [5, 5.41) is 0. The van der Waals surface area contributed by atoms with Gasteiger partial charge in [0, 0.05) is 48.2 Å². The number of aryl methyl sites for hydroxylation is 1. The van der Waals surface area contributed by atoms with E-state index in [9.17, 15) is 13.2 Å². The predicted molar refractivity (Wildman–Crippen MR) is 88.0 cm³/mol. The summed E-state index contributed by atoms with van der Waals surface area (Å²) in [6.45, 7) is 6.27. The number of rotatable bonds is 3. The fourth-order valence-electron chi connectivity index (χ4n) is 2.83. The topological polar surface area (TPSA) is 6.48 Å². The van der Waals surface area contributed by atoms with E-state index >= 15 is 0 Å². The highest BCUT2D eigenvalue weighted by molar-refractivity contribution is 7.11. The van der Waals surface area contributed by atoms with Gasteiger partial charge >= 0.3 is 6.18 Å². The number of hydrogen-bond acceptors (Lipinski definition) is 3. The first kappa shape index (κ1) is 16.3. The summed E-state index contributed by atoms with van der Waals surface area (Å²) in [5.74, 6) is 0. The molecular weight excluding hydrogens is 321 g/mol. The Labute approximate surface area is 138 Å². The molecule has 0 N–H and O–H groups in total. The molecule has 1 aromatic carbocycles. The van der Waals surface area contributed by atoms with Crippen LogP contribution in [-0.2, 0) is 12.7 Å². The lowest BCUT2D eigenvalue weighted by atomic mass is 10.1. The van der Waals surface area contributed by atoms with Crippen LogP contribution in [0, 0.1) is 6.92 Å². The molecule has 0 atom stereocenters. The van der Waals surface area contributed by atoms with E-state index in [1.807, 2.05) is 4.90 Å². The average molecular weight is 340 g/mol. The van der Waals surface area contributed by atoms with Crippen LogP contribution in [0.5, 0.6) is 0 Å². The molecule has 2 aromatic rings. The molecule has 23 heavy (non-hydrogen) atoms. The van der Waals surface area contributed by atoms with Crippen molar-refractivity contribution in [3.8, 4) is 0 Å². The number of anilines is 1. The quantitative estimate of drug-likeness (QED) is 0.817. The molecule has 1 aromatic heterocycles. The number of hydrogen-bond donors (Lipinski definition) is 0. The molecule has 6 heteroatoms. The van der Waals surface area contributed by atoms with Crippen molar-refractivity contribution in [2.24, 2.45) is 0 Å². The lowest BCUT2D eigenvalue weighted by molar-refractivity contribution is -0.137. The van der Waals surface area contributed by atoms with E-state index in [4.69, 9.17) is 0 Å². The van der Waals surface area contributed by atoms with Crippen LogP contribution in [-0.4, -0.2) is 31.1 Å². The summed E-state index contributed by atoms with van der Waals surface area (Å²) in [6.07, 6.45) is -4.28. The normalized spacial score (nSPS) is 16.8. The molecule has 0 amide bonds. The second kappa shape index (κ2) is 6.53. The summed E-state index contributed by atoms with van der Waals surface area (Å²) in [7, 11) is 0. The highest BCUT2D eigenvalue weighted by Crippen LogP contribution is 2.32. The van der Waals surface area contributed by atoms with Gasteiger partial charge in [0.05, 0.1) is 5.56 Å². The molecule has 0 radical (unpaired) electrons. The average Bonchev–Trinajstić information content (AvgIpc) is 2.92. The molecule has 0 bridgehead atoms. The minimum Gasteiger partial charge on any atom is -0.369 e. The van der Waals surface area contributed by atoms with Gasteiger partial charge in [0.2, 0.25) is 0 Å². The van der Waals surface area contributed by atoms with Crippen LogP contribution in [0.2, 0.25) is 0 Å². The van der Waals surface area contributed by atoms with Crippen molar-refractivity contribution in [1.82, 2.24) is 4.90 Å². The van der Waals surface area contributed by atoms with Gasteiger partial charge in [-0.15, -0.1) is 11.3 Å². The van der Waals surface area contributed by atoms with Crippen molar-refractivity contribution >= 4 is 17.0 Å². The highest BCUT2D eigenvalue weighted by atomic mass is 32.1. The van der Waals surface area contributed by atoms with E-state index in [1.165, 1.54) is 21.9 Å². The first-order valence-electron chi connectivity index (χ1n) is 7.62. The monoisotopic (exact) mass is 340 g/mol. The molecule has 3 rings (SSSR count). The maximum absolute atomic E-state index is 12.8. The van der Waals surface area contributed by atoms with Crippen molar-refractivity contribution in [3.63, 3.8) is 0 Å². The van der Waals surface area contributed by atoms with Gasteiger partial charge in [-0.2, -0.15) is 13.2 Å². The highest BCUT2D eigenvalue weighted by Gasteiger charge is 2.31. The van der Waals surface area contributed by atoms with Crippen molar-refractivity contribution in [3.05, 3.63) is 51.7 Å². The van der Waals surface area contributed by atoms with E-state index in [1.54, 1.807) is 17.4 Å². The second-order valence-corrected chi connectivity index (χ2v) is 7.20. The van der Waals surface area contributed by atoms with Gasteiger partial charge in [0.15, 0.2) is 0 Å². The second-order valence-electron chi connectivity index (χ2n) is 5.82. The molecule has 0 spiro atoms.